The standard InChI is InChI=1S/C20H26N6O/c1-15-6-7-21-17(12-15)24-18-13-19(23-14-22-18)25-8-10-26(11-9-25)20(27)16-4-2-3-5-16/h6-7,12-14,16H,2-5,8-11H2,1H3,(H,21,22,23,24). The van der Waals surface area contributed by atoms with Crippen molar-refractivity contribution in [2.24, 2.45) is 5.92 Å². The molecular weight excluding hydrogens is 340 g/mol. The lowest BCUT2D eigenvalue weighted by Gasteiger charge is -2.36. The first-order chi connectivity index (χ1) is 13.2. The van der Waals surface area contributed by atoms with Crippen molar-refractivity contribution in [2.75, 3.05) is 36.4 Å². The molecule has 1 saturated carbocycles. The number of aryl methyl sites for hydroxylation is 1. The third-order valence-corrected chi connectivity index (χ3v) is 5.44. The van der Waals surface area contributed by atoms with Gasteiger partial charge in [-0.05, 0) is 37.5 Å². The van der Waals surface area contributed by atoms with Crippen molar-refractivity contribution in [2.45, 2.75) is 32.6 Å². The van der Waals surface area contributed by atoms with Crippen LogP contribution in [0.25, 0.3) is 0 Å². The van der Waals surface area contributed by atoms with Gasteiger partial charge in [-0.2, -0.15) is 0 Å². The number of nitrogens with one attached hydrogen (secondary N) is 1. The monoisotopic (exact) mass is 366 g/mol. The van der Waals surface area contributed by atoms with Crippen molar-refractivity contribution in [3.05, 3.63) is 36.3 Å². The van der Waals surface area contributed by atoms with Crippen molar-refractivity contribution in [1.29, 1.82) is 0 Å². The Balaban J connectivity index is 1.37. The average molecular weight is 366 g/mol. The molecule has 1 saturated heterocycles. The number of rotatable bonds is 4. The molecule has 7 heteroatoms. The van der Waals surface area contributed by atoms with Gasteiger partial charge in [0.2, 0.25) is 5.91 Å². The van der Waals surface area contributed by atoms with E-state index in [0.717, 1.165) is 62.0 Å². The fourth-order valence-corrected chi connectivity index (χ4v) is 3.91. The maximum atomic E-state index is 12.6. The lowest BCUT2D eigenvalue weighted by molar-refractivity contribution is -0.135. The van der Waals surface area contributed by atoms with Gasteiger partial charge >= 0.3 is 0 Å². The van der Waals surface area contributed by atoms with E-state index in [0.29, 0.717) is 5.91 Å². The van der Waals surface area contributed by atoms with Crippen molar-refractivity contribution in [1.82, 2.24) is 19.9 Å². The van der Waals surface area contributed by atoms with Gasteiger partial charge in [-0.25, -0.2) is 15.0 Å². The molecule has 0 unspecified atom stereocenters. The van der Waals surface area contributed by atoms with E-state index in [1.165, 1.54) is 12.8 Å². The highest BCUT2D eigenvalue weighted by molar-refractivity contribution is 5.79. The molecule has 4 rings (SSSR count). The van der Waals surface area contributed by atoms with Gasteiger partial charge < -0.3 is 15.1 Å². The van der Waals surface area contributed by atoms with Crippen LogP contribution in [0.15, 0.2) is 30.7 Å². The lowest BCUT2D eigenvalue weighted by Crippen LogP contribution is -2.50. The number of aromatic nitrogens is 3. The normalized spacial score (nSPS) is 18.0. The highest BCUT2D eigenvalue weighted by Crippen LogP contribution is 2.27. The van der Waals surface area contributed by atoms with E-state index in [1.807, 2.05) is 30.0 Å². The Morgan fingerprint density at radius 3 is 2.52 bits per heavy atom. The van der Waals surface area contributed by atoms with Crippen LogP contribution in [0.3, 0.4) is 0 Å². The van der Waals surface area contributed by atoms with Crippen LogP contribution in [-0.4, -0.2) is 51.9 Å². The largest absolute Gasteiger partial charge is 0.353 e. The SMILES string of the molecule is Cc1ccnc(Nc2cc(N3CCN(C(=O)C4CCCC4)CC3)ncn2)c1. The highest BCUT2D eigenvalue weighted by atomic mass is 16.2. The molecule has 3 heterocycles. The number of carbonyl (C=O) groups excluding carboxylic acids is 1. The molecule has 1 aliphatic carbocycles. The van der Waals surface area contributed by atoms with Crippen molar-refractivity contribution < 1.29 is 4.79 Å². The Hall–Kier alpha value is -2.70. The van der Waals surface area contributed by atoms with Gasteiger partial charge in [0.1, 0.15) is 23.8 Å². The number of pyridine rings is 1. The zero-order chi connectivity index (χ0) is 18.6. The molecule has 1 N–H and O–H groups in total. The van der Waals surface area contributed by atoms with E-state index in [9.17, 15) is 4.79 Å². The van der Waals surface area contributed by atoms with E-state index in [4.69, 9.17) is 0 Å². The summed E-state index contributed by atoms with van der Waals surface area (Å²) in [4.78, 5) is 29.9. The molecule has 7 nitrogen and oxygen atoms in total. The minimum absolute atomic E-state index is 0.258. The number of hydrogen-bond acceptors (Lipinski definition) is 6. The van der Waals surface area contributed by atoms with Gasteiger partial charge in [0.05, 0.1) is 0 Å². The molecule has 0 aromatic carbocycles. The van der Waals surface area contributed by atoms with Gasteiger partial charge in [0.15, 0.2) is 0 Å². The molecule has 0 radical (unpaired) electrons. The summed E-state index contributed by atoms with van der Waals surface area (Å²) in [7, 11) is 0. The second-order valence-corrected chi connectivity index (χ2v) is 7.40. The van der Waals surface area contributed by atoms with Gasteiger partial charge in [-0.1, -0.05) is 12.8 Å². The number of hydrogen-bond donors (Lipinski definition) is 1. The predicted molar refractivity (Wildman–Crippen MR) is 105 cm³/mol. The topological polar surface area (TPSA) is 74.2 Å². The van der Waals surface area contributed by atoms with Crippen molar-refractivity contribution >= 4 is 23.4 Å². The molecule has 1 aliphatic heterocycles. The fraction of sp³-hybridized carbons (Fsp3) is 0.500. The van der Waals surface area contributed by atoms with Gasteiger partial charge in [0, 0.05) is 44.4 Å². The molecule has 2 fully saturated rings. The van der Waals surface area contributed by atoms with Gasteiger partial charge in [0.25, 0.3) is 0 Å². The molecule has 2 aromatic heterocycles. The van der Waals surface area contributed by atoms with Crippen LogP contribution < -0.4 is 10.2 Å². The Kier molecular flexibility index (Phi) is 5.18. The lowest BCUT2D eigenvalue weighted by atomic mass is 10.1. The molecule has 0 spiro atoms. The summed E-state index contributed by atoms with van der Waals surface area (Å²) in [6, 6.07) is 5.89. The number of piperazine rings is 1. The minimum Gasteiger partial charge on any atom is -0.353 e. The average Bonchev–Trinajstić information content (AvgIpc) is 3.23. The Morgan fingerprint density at radius 1 is 1.04 bits per heavy atom. The summed E-state index contributed by atoms with van der Waals surface area (Å²) in [5.74, 6) is 2.98. The molecule has 142 valence electrons. The summed E-state index contributed by atoms with van der Waals surface area (Å²) in [5.41, 5.74) is 1.14. The third-order valence-electron chi connectivity index (χ3n) is 5.44. The molecule has 1 amide bonds. The first-order valence-electron chi connectivity index (χ1n) is 9.74. The molecule has 2 aromatic rings. The number of nitrogens with zero attached hydrogens (tertiary/aromatic N) is 5. The van der Waals surface area contributed by atoms with Crippen molar-refractivity contribution in [3.8, 4) is 0 Å². The minimum atomic E-state index is 0.258. The summed E-state index contributed by atoms with van der Waals surface area (Å²) in [6.07, 6.45) is 7.87. The maximum absolute atomic E-state index is 12.6. The number of amides is 1. The zero-order valence-corrected chi connectivity index (χ0v) is 15.8. The summed E-state index contributed by atoms with van der Waals surface area (Å²) >= 11 is 0. The first-order valence-corrected chi connectivity index (χ1v) is 9.74. The van der Waals surface area contributed by atoms with E-state index in [2.05, 4.69) is 25.2 Å². The molecule has 2 aliphatic rings. The van der Waals surface area contributed by atoms with Crippen molar-refractivity contribution in [3.63, 3.8) is 0 Å². The van der Waals surface area contributed by atoms with E-state index in [1.54, 1.807) is 12.5 Å². The smallest absolute Gasteiger partial charge is 0.225 e. The van der Waals surface area contributed by atoms with Crippen LogP contribution in [0.4, 0.5) is 17.5 Å². The third kappa shape index (κ3) is 4.18. The highest BCUT2D eigenvalue weighted by Gasteiger charge is 2.29. The first kappa shape index (κ1) is 17.7. The van der Waals surface area contributed by atoms with Crippen LogP contribution in [0.2, 0.25) is 0 Å². The van der Waals surface area contributed by atoms with E-state index >= 15 is 0 Å². The molecule has 27 heavy (non-hydrogen) atoms. The fourth-order valence-electron chi connectivity index (χ4n) is 3.91. The van der Waals surface area contributed by atoms with Crippen LogP contribution in [-0.2, 0) is 4.79 Å². The molecule has 0 bridgehead atoms. The second kappa shape index (κ2) is 7.90. The van der Waals surface area contributed by atoms with Crippen LogP contribution in [0, 0.1) is 12.8 Å². The van der Waals surface area contributed by atoms with E-state index < -0.39 is 0 Å². The number of carbonyl (C=O) groups is 1. The van der Waals surface area contributed by atoms with Crippen LogP contribution >= 0.6 is 0 Å². The van der Waals surface area contributed by atoms with Crippen LogP contribution in [0.5, 0.6) is 0 Å². The molecular formula is C20H26N6O. The Labute approximate surface area is 159 Å². The quantitative estimate of drug-likeness (QED) is 0.897. The van der Waals surface area contributed by atoms with Gasteiger partial charge in [-0.3, -0.25) is 4.79 Å². The zero-order valence-electron chi connectivity index (χ0n) is 15.8. The maximum Gasteiger partial charge on any atom is 0.225 e. The van der Waals surface area contributed by atoms with E-state index in [-0.39, 0.29) is 5.92 Å². The second-order valence-electron chi connectivity index (χ2n) is 7.40. The van der Waals surface area contributed by atoms with Crippen LogP contribution in [0.1, 0.15) is 31.2 Å². The van der Waals surface area contributed by atoms with Gasteiger partial charge in [-0.15, -0.1) is 0 Å². The summed E-state index contributed by atoms with van der Waals surface area (Å²) in [6.45, 7) is 5.17. The number of anilines is 3. The summed E-state index contributed by atoms with van der Waals surface area (Å²) in [5, 5.41) is 3.23. The summed E-state index contributed by atoms with van der Waals surface area (Å²) < 4.78 is 0. The Morgan fingerprint density at radius 2 is 1.78 bits per heavy atom. The predicted octanol–water partition coefficient (Wildman–Crippen LogP) is 2.76. The Bertz CT molecular complexity index is 797. The molecule has 0 atom stereocenters.